The number of amides is 1. The van der Waals surface area contributed by atoms with Gasteiger partial charge in [0.25, 0.3) is 0 Å². The van der Waals surface area contributed by atoms with Crippen molar-refractivity contribution in [1.82, 2.24) is 29.7 Å². The predicted molar refractivity (Wildman–Crippen MR) is 208 cm³/mol. The first-order valence-corrected chi connectivity index (χ1v) is 19.8. The zero-order chi connectivity index (χ0) is 39.3. The van der Waals surface area contributed by atoms with Crippen molar-refractivity contribution in [2.24, 2.45) is 0 Å². The summed E-state index contributed by atoms with van der Waals surface area (Å²) in [4.78, 5) is 35.7. The number of hydrogen-bond acceptors (Lipinski definition) is 10. The van der Waals surface area contributed by atoms with E-state index in [2.05, 4.69) is 31.8 Å². The Labute approximate surface area is 329 Å². The Morgan fingerprint density at radius 2 is 1.95 bits per heavy atom. The van der Waals surface area contributed by atoms with E-state index in [-0.39, 0.29) is 48.3 Å². The third kappa shape index (κ3) is 6.73. The lowest BCUT2D eigenvalue weighted by Gasteiger charge is -2.41. The van der Waals surface area contributed by atoms with Crippen molar-refractivity contribution < 1.29 is 27.4 Å². The summed E-state index contributed by atoms with van der Waals surface area (Å²) in [6.45, 7) is 4.19. The molecule has 0 aliphatic carbocycles. The number of alkyl halides is 1. The summed E-state index contributed by atoms with van der Waals surface area (Å²) >= 11 is 0. The van der Waals surface area contributed by atoms with E-state index in [0.29, 0.717) is 85.4 Å². The second kappa shape index (κ2) is 15.2. The summed E-state index contributed by atoms with van der Waals surface area (Å²) in [5.41, 5.74) is -0.340. The fraction of sp³-hybridized carbons (Fsp3) is 0.465. The maximum absolute atomic E-state index is 17.1. The smallest absolute Gasteiger partial charge is 0.319 e. The van der Waals surface area contributed by atoms with Gasteiger partial charge < -0.3 is 19.3 Å². The third-order valence-electron chi connectivity index (χ3n) is 12.6. The predicted octanol–water partition coefficient (Wildman–Crippen LogP) is 5.41. The number of halogens is 3. The van der Waals surface area contributed by atoms with Crippen LogP contribution < -0.4 is 9.64 Å². The average molecular weight is 777 g/mol. The molecule has 5 atom stereocenters. The summed E-state index contributed by atoms with van der Waals surface area (Å²) in [7, 11) is 0. The number of carbonyl (C=O) groups is 1. The second-order valence-corrected chi connectivity index (χ2v) is 15.9. The number of benzene rings is 2. The number of carbonyl (C=O) groups excluding carboxylic acids is 1. The van der Waals surface area contributed by atoms with Crippen molar-refractivity contribution in [2.75, 3.05) is 64.0 Å². The zero-order valence-electron chi connectivity index (χ0n) is 31.5. The van der Waals surface area contributed by atoms with Crippen LogP contribution in [-0.2, 0) is 9.53 Å². The highest BCUT2D eigenvalue weighted by Gasteiger charge is 2.49. The van der Waals surface area contributed by atoms with Crippen LogP contribution in [0, 0.1) is 35.3 Å². The topological polar surface area (TPSA) is 111 Å². The van der Waals surface area contributed by atoms with Gasteiger partial charge in [0.1, 0.15) is 35.6 Å². The molecule has 5 fully saturated rings. The number of piperazine rings is 1. The molecule has 7 heterocycles. The van der Waals surface area contributed by atoms with Crippen LogP contribution in [0.1, 0.15) is 44.1 Å². The summed E-state index contributed by atoms with van der Waals surface area (Å²) < 4.78 is 58.7. The van der Waals surface area contributed by atoms with Crippen LogP contribution in [0.3, 0.4) is 0 Å². The molecule has 294 valence electrons. The first kappa shape index (κ1) is 37.3. The van der Waals surface area contributed by atoms with E-state index in [4.69, 9.17) is 20.9 Å². The summed E-state index contributed by atoms with van der Waals surface area (Å²) in [5, 5.41) is 11.1. The molecule has 0 saturated carbocycles. The average Bonchev–Trinajstić information content (AvgIpc) is 3.81. The van der Waals surface area contributed by atoms with Gasteiger partial charge in [-0.25, -0.2) is 13.2 Å². The molecule has 4 aromatic rings. The molecule has 0 radical (unpaired) electrons. The van der Waals surface area contributed by atoms with Gasteiger partial charge in [-0.1, -0.05) is 36.3 Å². The SMILES string of the molecule is C#Cc1c(F)ccc2cccc(-c3ncc4c(N5CCN(C(=O)/C=C/CN6[C@@H]7CC[C@H]6COC7)[C@@H](CC#N)C5)nc(OC[C@@]56CCCN5C[C@H](F)C6)nc4c3F)c12. The standard InChI is InChI=1S/C43H43F3N8O3/c1-2-32-35(45)12-9-27-6-3-7-33(37(27)32)39-38(46)40-34(21-48-39)41(50-42(49-40)57-26-43-14-5-16-52(43)22-28(44)20-43)51-18-19-54(29(23-51)13-15-47)36(55)8-4-17-53-30-10-11-31(53)25-56-24-30/h1,3-4,6-9,12,21,28-31H,5,10-11,13-14,16-20,22-26H2/b8-4+/t28-,29+,30-,31+,43+/m1/s1. The molecule has 2 bridgehead atoms. The molecule has 2 aromatic heterocycles. The first-order chi connectivity index (χ1) is 27.8. The monoisotopic (exact) mass is 776 g/mol. The molecular formula is C43H43F3N8O3. The minimum atomic E-state index is -0.966. The molecule has 0 spiro atoms. The van der Waals surface area contributed by atoms with Crippen molar-refractivity contribution >= 4 is 33.4 Å². The highest BCUT2D eigenvalue weighted by Crippen LogP contribution is 2.41. The lowest BCUT2D eigenvalue weighted by atomic mass is 9.95. The minimum absolute atomic E-state index is 0.00102. The van der Waals surface area contributed by atoms with E-state index in [1.165, 1.54) is 12.3 Å². The van der Waals surface area contributed by atoms with Crippen molar-refractivity contribution in [1.29, 1.82) is 5.26 Å². The number of hydrogen-bond donors (Lipinski definition) is 0. The number of morpholine rings is 1. The Hall–Kier alpha value is -5.28. The van der Waals surface area contributed by atoms with Gasteiger partial charge >= 0.3 is 6.01 Å². The molecule has 57 heavy (non-hydrogen) atoms. The normalized spacial score (nSPS) is 26.3. The molecule has 11 nitrogen and oxygen atoms in total. The number of pyridine rings is 1. The largest absolute Gasteiger partial charge is 0.461 e. The van der Waals surface area contributed by atoms with Crippen LogP contribution >= 0.6 is 0 Å². The van der Waals surface area contributed by atoms with Gasteiger partial charge in [-0.05, 0) is 43.7 Å². The van der Waals surface area contributed by atoms with Crippen molar-refractivity contribution in [2.45, 2.75) is 68.4 Å². The van der Waals surface area contributed by atoms with Crippen LogP contribution in [0.25, 0.3) is 32.9 Å². The van der Waals surface area contributed by atoms with E-state index in [9.17, 15) is 18.8 Å². The number of anilines is 1. The maximum Gasteiger partial charge on any atom is 0.319 e. The van der Waals surface area contributed by atoms with Gasteiger partial charge in [0, 0.05) is 74.5 Å². The molecule has 5 saturated heterocycles. The van der Waals surface area contributed by atoms with Crippen molar-refractivity contribution in [3.8, 4) is 35.7 Å². The number of aromatic nitrogens is 3. The van der Waals surface area contributed by atoms with E-state index in [0.717, 1.165) is 32.2 Å². The molecule has 5 aliphatic rings. The van der Waals surface area contributed by atoms with Crippen LogP contribution in [0.2, 0.25) is 0 Å². The molecule has 14 heteroatoms. The van der Waals surface area contributed by atoms with E-state index in [1.807, 2.05) is 11.0 Å². The second-order valence-electron chi connectivity index (χ2n) is 15.9. The Balaban J connectivity index is 1.05. The molecule has 0 N–H and O–H groups in total. The fourth-order valence-corrected chi connectivity index (χ4v) is 9.85. The number of nitriles is 1. The highest BCUT2D eigenvalue weighted by molar-refractivity contribution is 6.02. The summed E-state index contributed by atoms with van der Waals surface area (Å²) in [6.07, 6.45) is 14.0. The molecule has 9 rings (SSSR count). The van der Waals surface area contributed by atoms with Crippen LogP contribution in [-0.4, -0.2) is 124 Å². The van der Waals surface area contributed by atoms with Gasteiger partial charge in [0.15, 0.2) is 5.82 Å². The Bertz CT molecular complexity index is 2330. The number of ether oxygens (including phenoxy) is 2. The van der Waals surface area contributed by atoms with E-state index < -0.39 is 29.4 Å². The van der Waals surface area contributed by atoms with Gasteiger partial charge in [0.05, 0.1) is 48.2 Å². The first-order valence-electron chi connectivity index (χ1n) is 19.8. The van der Waals surface area contributed by atoms with Crippen molar-refractivity contribution in [3.63, 3.8) is 0 Å². The molecule has 1 amide bonds. The zero-order valence-corrected chi connectivity index (χ0v) is 31.5. The quantitative estimate of drug-likeness (QED) is 0.162. The van der Waals surface area contributed by atoms with Gasteiger partial charge in [-0.3, -0.25) is 19.6 Å². The summed E-state index contributed by atoms with van der Waals surface area (Å²) in [5.74, 6) is 1.20. The molecule has 0 unspecified atom stereocenters. The van der Waals surface area contributed by atoms with E-state index in [1.54, 1.807) is 35.2 Å². The van der Waals surface area contributed by atoms with Gasteiger partial charge in [-0.15, -0.1) is 6.42 Å². The van der Waals surface area contributed by atoms with Crippen molar-refractivity contribution in [3.05, 3.63) is 65.9 Å². The van der Waals surface area contributed by atoms with Gasteiger partial charge in [-0.2, -0.15) is 15.2 Å². The minimum Gasteiger partial charge on any atom is -0.461 e. The Kier molecular flexibility index (Phi) is 9.97. The molecular weight excluding hydrogens is 734 g/mol. The fourth-order valence-electron chi connectivity index (χ4n) is 9.85. The lowest BCUT2D eigenvalue weighted by Crippen LogP contribution is -2.55. The van der Waals surface area contributed by atoms with Crippen LogP contribution in [0.5, 0.6) is 6.01 Å². The Morgan fingerprint density at radius 3 is 2.75 bits per heavy atom. The van der Waals surface area contributed by atoms with Crippen LogP contribution in [0.4, 0.5) is 19.0 Å². The summed E-state index contributed by atoms with van der Waals surface area (Å²) in [6, 6.07) is 10.4. The Morgan fingerprint density at radius 1 is 1.11 bits per heavy atom. The van der Waals surface area contributed by atoms with E-state index >= 15 is 4.39 Å². The van der Waals surface area contributed by atoms with Crippen LogP contribution in [0.15, 0.2) is 48.7 Å². The number of terminal acetylenes is 1. The highest BCUT2D eigenvalue weighted by atomic mass is 19.1. The number of rotatable bonds is 9. The van der Waals surface area contributed by atoms with Gasteiger partial charge in [0.2, 0.25) is 5.91 Å². The maximum atomic E-state index is 17.1. The number of nitrogens with zero attached hydrogens (tertiary/aromatic N) is 8. The molecule has 2 aromatic carbocycles. The third-order valence-corrected chi connectivity index (χ3v) is 12.6. The molecule has 5 aliphatic heterocycles. The lowest BCUT2D eigenvalue weighted by molar-refractivity contribution is -0.128. The number of fused-ring (bicyclic) bond motifs is 5.